The lowest BCUT2D eigenvalue weighted by Gasteiger charge is -2.25. The third-order valence-electron chi connectivity index (χ3n) is 6.22. The number of rotatable bonds is 9. The molecule has 38 heavy (non-hydrogen) atoms. The standard InChI is InChI=1S/C28H28FN3O5S/c1-4-8-25-31-27(33)26(28(34)32(25)23(17-37-3)20-9-6-5-7-10-20)38(35,36)21-13-11-19(12-14-21)22-15-16-24(29)30-18(22)2/h5-7,9-16,23,34H,4,8,17H2,1-3H3/t23-/m0/s1. The van der Waals surface area contributed by atoms with Crippen LogP contribution in [0, 0.1) is 12.9 Å². The Morgan fingerprint density at radius 1 is 1.03 bits per heavy atom. The van der Waals surface area contributed by atoms with E-state index in [2.05, 4.69) is 9.97 Å². The molecule has 1 atom stereocenters. The van der Waals surface area contributed by atoms with Crippen LogP contribution in [0.4, 0.5) is 4.39 Å². The van der Waals surface area contributed by atoms with Crippen molar-refractivity contribution in [3.8, 4) is 17.0 Å². The summed E-state index contributed by atoms with van der Waals surface area (Å²) in [6.07, 6.45) is 0.960. The molecule has 2 aromatic heterocycles. The minimum Gasteiger partial charge on any atom is -0.493 e. The summed E-state index contributed by atoms with van der Waals surface area (Å²) < 4.78 is 47.5. The van der Waals surface area contributed by atoms with Crippen LogP contribution >= 0.6 is 0 Å². The lowest BCUT2D eigenvalue weighted by Crippen LogP contribution is -2.29. The van der Waals surface area contributed by atoms with E-state index in [1.807, 2.05) is 37.3 Å². The minimum atomic E-state index is -4.46. The van der Waals surface area contributed by atoms with Gasteiger partial charge in [-0.15, -0.1) is 0 Å². The van der Waals surface area contributed by atoms with E-state index in [1.54, 1.807) is 25.1 Å². The molecule has 0 aliphatic rings. The van der Waals surface area contributed by atoms with Crippen LogP contribution in [0.2, 0.25) is 0 Å². The first-order valence-electron chi connectivity index (χ1n) is 12.1. The Morgan fingerprint density at radius 2 is 1.71 bits per heavy atom. The molecule has 1 N–H and O–H groups in total. The highest BCUT2D eigenvalue weighted by Gasteiger charge is 2.32. The maximum absolute atomic E-state index is 13.7. The molecule has 2 aromatic carbocycles. The molecule has 0 fully saturated rings. The van der Waals surface area contributed by atoms with Crippen molar-refractivity contribution in [2.45, 2.75) is 42.5 Å². The van der Waals surface area contributed by atoms with Gasteiger partial charge in [-0.05, 0) is 48.7 Å². The molecule has 0 aliphatic carbocycles. The summed E-state index contributed by atoms with van der Waals surface area (Å²) >= 11 is 0. The van der Waals surface area contributed by atoms with Crippen molar-refractivity contribution >= 4 is 9.84 Å². The van der Waals surface area contributed by atoms with Gasteiger partial charge in [0.1, 0.15) is 5.82 Å². The number of sulfone groups is 1. The highest BCUT2D eigenvalue weighted by atomic mass is 32.2. The SMILES string of the molecule is CCCc1nc(=O)c(S(=O)(=O)c2ccc(-c3ccc(F)nc3C)cc2)c(O)n1[C@@H](COC)c1ccccc1. The zero-order valence-electron chi connectivity index (χ0n) is 21.3. The van der Waals surface area contributed by atoms with E-state index in [4.69, 9.17) is 4.74 Å². The molecule has 0 saturated heterocycles. The average Bonchev–Trinajstić information content (AvgIpc) is 2.88. The van der Waals surface area contributed by atoms with Crippen LogP contribution in [0.5, 0.6) is 5.88 Å². The maximum Gasteiger partial charge on any atom is 0.296 e. The highest BCUT2D eigenvalue weighted by molar-refractivity contribution is 7.91. The molecule has 10 heteroatoms. The summed E-state index contributed by atoms with van der Waals surface area (Å²) in [6.45, 7) is 3.65. The first kappa shape index (κ1) is 27.2. The molecule has 0 spiro atoms. The molecule has 0 bridgehead atoms. The molecule has 0 radical (unpaired) electrons. The Hall–Kier alpha value is -3.89. The predicted octanol–water partition coefficient (Wildman–Crippen LogP) is 4.48. The van der Waals surface area contributed by atoms with E-state index in [0.717, 1.165) is 5.56 Å². The van der Waals surface area contributed by atoms with Gasteiger partial charge in [0.25, 0.3) is 5.56 Å². The largest absolute Gasteiger partial charge is 0.493 e. The second kappa shape index (κ2) is 11.2. The van der Waals surface area contributed by atoms with Crippen LogP contribution in [-0.2, 0) is 21.0 Å². The maximum atomic E-state index is 13.7. The predicted molar refractivity (Wildman–Crippen MR) is 140 cm³/mol. The Kier molecular flexibility index (Phi) is 8.03. The molecule has 2 heterocycles. The number of aromatic hydroxyl groups is 1. The van der Waals surface area contributed by atoms with Crippen molar-refractivity contribution in [2.75, 3.05) is 13.7 Å². The summed E-state index contributed by atoms with van der Waals surface area (Å²) in [5.74, 6) is -1.05. The number of benzene rings is 2. The van der Waals surface area contributed by atoms with Gasteiger partial charge in [-0.25, -0.2) is 13.4 Å². The Bertz CT molecular complexity index is 1600. The van der Waals surface area contributed by atoms with Crippen LogP contribution in [0.3, 0.4) is 0 Å². The van der Waals surface area contributed by atoms with Crippen molar-refractivity contribution in [3.05, 3.63) is 100 Å². The first-order chi connectivity index (χ1) is 18.2. The third-order valence-corrected chi connectivity index (χ3v) is 8.01. The van der Waals surface area contributed by atoms with Gasteiger partial charge in [0.15, 0.2) is 4.90 Å². The van der Waals surface area contributed by atoms with E-state index in [0.29, 0.717) is 29.7 Å². The van der Waals surface area contributed by atoms with Gasteiger partial charge in [0.2, 0.25) is 21.7 Å². The van der Waals surface area contributed by atoms with Gasteiger partial charge in [-0.3, -0.25) is 9.36 Å². The van der Waals surface area contributed by atoms with Crippen LogP contribution in [-0.4, -0.2) is 41.8 Å². The molecule has 0 aliphatic heterocycles. The Balaban J connectivity index is 1.86. The van der Waals surface area contributed by atoms with Crippen LogP contribution in [0.1, 0.15) is 36.5 Å². The fourth-order valence-corrected chi connectivity index (χ4v) is 5.78. The number of halogens is 1. The zero-order valence-corrected chi connectivity index (χ0v) is 22.1. The van der Waals surface area contributed by atoms with E-state index in [1.165, 1.54) is 29.9 Å². The van der Waals surface area contributed by atoms with Gasteiger partial charge in [0.05, 0.1) is 17.5 Å². The molecule has 0 amide bonds. The lowest BCUT2D eigenvalue weighted by atomic mass is 10.1. The summed E-state index contributed by atoms with van der Waals surface area (Å²) in [4.78, 5) is 20.0. The second-order valence-corrected chi connectivity index (χ2v) is 10.7. The number of ether oxygens (including phenoxy) is 1. The van der Waals surface area contributed by atoms with Crippen molar-refractivity contribution in [1.82, 2.24) is 14.5 Å². The van der Waals surface area contributed by atoms with Gasteiger partial charge in [-0.1, -0.05) is 49.4 Å². The number of aromatic nitrogens is 3. The highest BCUT2D eigenvalue weighted by Crippen LogP contribution is 2.33. The van der Waals surface area contributed by atoms with Crippen LogP contribution in [0.15, 0.2) is 81.3 Å². The van der Waals surface area contributed by atoms with Crippen molar-refractivity contribution in [3.63, 3.8) is 0 Å². The fraction of sp³-hybridized carbons (Fsp3) is 0.250. The molecule has 0 saturated carbocycles. The fourth-order valence-electron chi connectivity index (χ4n) is 4.43. The minimum absolute atomic E-state index is 0.109. The molecular formula is C28H28FN3O5S. The summed E-state index contributed by atoms with van der Waals surface area (Å²) in [6, 6.07) is 17.1. The Labute approximate surface area is 220 Å². The summed E-state index contributed by atoms with van der Waals surface area (Å²) in [7, 11) is -2.96. The van der Waals surface area contributed by atoms with Crippen LogP contribution < -0.4 is 5.56 Å². The topological polar surface area (TPSA) is 111 Å². The number of aryl methyl sites for hydroxylation is 2. The monoisotopic (exact) mass is 537 g/mol. The Morgan fingerprint density at radius 3 is 2.32 bits per heavy atom. The number of nitrogens with zero attached hydrogens (tertiary/aromatic N) is 3. The van der Waals surface area contributed by atoms with Gasteiger partial charge in [-0.2, -0.15) is 9.37 Å². The summed E-state index contributed by atoms with van der Waals surface area (Å²) in [5.41, 5.74) is 1.42. The number of hydrogen-bond acceptors (Lipinski definition) is 7. The molecule has 4 rings (SSSR count). The van der Waals surface area contributed by atoms with Crippen molar-refractivity contribution in [2.24, 2.45) is 0 Å². The molecule has 198 valence electrons. The quantitative estimate of drug-likeness (QED) is 0.313. The van der Waals surface area contributed by atoms with Crippen LogP contribution in [0.25, 0.3) is 11.1 Å². The average molecular weight is 538 g/mol. The number of pyridine rings is 1. The normalized spacial score (nSPS) is 12.4. The number of hydrogen-bond donors (Lipinski definition) is 1. The summed E-state index contributed by atoms with van der Waals surface area (Å²) in [5, 5.41) is 11.4. The van der Waals surface area contributed by atoms with Gasteiger partial charge < -0.3 is 9.84 Å². The van der Waals surface area contributed by atoms with Crippen molar-refractivity contribution in [1.29, 1.82) is 0 Å². The van der Waals surface area contributed by atoms with E-state index in [9.17, 15) is 22.7 Å². The van der Waals surface area contributed by atoms with E-state index < -0.39 is 38.2 Å². The lowest BCUT2D eigenvalue weighted by molar-refractivity contribution is 0.161. The first-order valence-corrected chi connectivity index (χ1v) is 13.5. The van der Waals surface area contributed by atoms with E-state index >= 15 is 0 Å². The third kappa shape index (κ3) is 5.23. The van der Waals surface area contributed by atoms with Gasteiger partial charge >= 0.3 is 0 Å². The molecule has 4 aromatic rings. The van der Waals surface area contributed by atoms with Crippen molar-refractivity contribution < 1.29 is 22.7 Å². The molecular weight excluding hydrogens is 509 g/mol. The second-order valence-electron chi connectivity index (χ2n) is 8.78. The smallest absolute Gasteiger partial charge is 0.296 e. The molecule has 0 unspecified atom stereocenters. The molecule has 8 nitrogen and oxygen atoms in total. The van der Waals surface area contributed by atoms with E-state index in [-0.39, 0.29) is 17.3 Å². The van der Waals surface area contributed by atoms with Gasteiger partial charge in [0, 0.05) is 24.8 Å². The zero-order chi connectivity index (χ0) is 27.4. The number of methoxy groups -OCH3 is 1.